The minimum atomic E-state index is -0.481. The van der Waals surface area contributed by atoms with Gasteiger partial charge in [-0.15, -0.1) is 10.2 Å². The molecular weight excluding hydrogens is 380 g/mol. The number of hydrogen-bond acceptors (Lipinski definition) is 4. The fraction of sp³-hybridized carbons (Fsp3) is 0.182. The van der Waals surface area contributed by atoms with Gasteiger partial charge in [0, 0.05) is 12.6 Å². The van der Waals surface area contributed by atoms with Crippen LogP contribution in [0.4, 0.5) is 0 Å². The van der Waals surface area contributed by atoms with Crippen LogP contribution < -0.4 is 11.2 Å². The molecule has 3 aromatic heterocycles. The summed E-state index contributed by atoms with van der Waals surface area (Å²) in [5, 5.41) is 8.80. The Hall–Kier alpha value is -3.94. The van der Waals surface area contributed by atoms with Crippen LogP contribution in [-0.4, -0.2) is 28.7 Å². The molecule has 0 radical (unpaired) electrons. The Labute approximate surface area is 171 Å². The average Bonchev–Trinajstić information content (AvgIpc) is 3.28. The normalized spacial score (nSPS) is 11.6. The molecule has 1 N–H and O–H groups in total. The van der Waals surface area contributed by atoms with E-state index in [4.69, 9.17) is 0 Å². The summed E-state index contributed by atoms with van der Waals surface area (Å²) in [6.45, 7) is 4.48. The molecule has 0 aliphatic heterocycles. The Bertz CT molecular complexity index is 1530. The first kappa shape index (κ1) is 18.1. The van der Waals surface area contributed by atoms with Crippen LogP contribution >= 0.6 is 0 Å². The van der Waals surface area contributed by atoms with Crippen molar-refractivity contribution in [1.29, 1.82) is 0 Å². The molecule has 0 aliphatic rings. The summed E-state index contributed by atoms with van der Waals surface area (Å²) in [6.07, 6.45) is 0. The summed E-state index contributed by atoms with van der Waals surface area (Å²) in [5.41, 5.74) is 4.09. The van der Waals surface area contributed by atoms with Crippen LogP contribution in [0.25, 0.3) is 28.3 Å². The standard InChI is InChI=1S/C22H20N6O2/c1-13-8-10-15(11-9-13)18-24-25-21-27(12-16-7-5-4-6-14(16)2)17-19(29)23-22(30)26(3)20(17)28(18)21/h4-11H,12H2,1-3H3,(H,23,29,30). The van der Waals surface area contributed by atoms with Crippen molar-refractivity contribution in [3.05, 3.63) is 86.1 Å². The van der Waals surface area contributed by atoms with Crippen LogP contribution in [0, 0.1) is 13.8 Å². The van der Waals surface area contributed by atoms with E-state index in [0.29, 0.717) is 29.3 Å². The number of fused-ring (bicyclic) bond motifs is 3. The molecule has 3 heterocycles. The van der Waals surface area contributed by atoms with Crippen LogP contribution in [0.3, 0.4) is 0 Å². The van der Waals surface area contributed by atoms with E-state index in [0.717, 1.165) is 22.3 Å². The number of benzene rings is 2. The number of nitrogens with zero attached hydrogens (tertiary/aromatic N) is 5. The zero-order chi connectivity index (χ0) is 21.0. The van der Waals surface area contributed by atoms with Crippen molar-refractivity contribution in [1.82, 2.24) is 28.7 Å². The Kier molecular flexibility index (Phi) is 3.95. The predicted octanol–water partition coefficient (Wildman–Crippen LogP) is 2.40. The second-order valence-corrected chi connectivity index (χ2v) is 7.53. The summed E-state index contributed by atoms with van der Waals surface area (Å²) in [4.78, 5) is 27.6. The summed E-state index contributed by atoms with van der Waals surface area (Å²) < 4.78 is 5.04. The average molecular weight is 400 g/mol. The Morgan fingerprint density at radius 2 is 1.70 bits per heavy atom. The van der Waals surface area contributed by atoms with Gasteiger partial charge in [0.25, 0.3) is 5.56 Å². The quantitative estimate of drug-likeness (QED) is 0.504. The predicted molar refractivity (Wildman–Crippen MR) is 115 cm³/mol. The third kappa shape index (κ3) is 2.61. The van der Waals surface area contributed by atoms with Crippen LogP contribution in [0.2, 0.25) is 0 Å². The van der Waals surface area contributed by atoms with E-state index in [1.807, 2.05) is 66.9 Å². The third-order valence-corrected chi connectivity index (χ3v) is 5.54. The summed E-state index contributed by atoms with van der Waals surface area (Å²) in [5.74, 6) is 1.09. The lowest BCUT2D eigenvalue weighted by atomic mass is 10.1. The van der Waals surface area contributed by atoms with Crippen LogP contribution in [-0.2, 0) is 13.6 Å². The summed E-state index contributed by atoms with van der Waals surface area (Å²) in [6, 6.07) is 15.9. The second kappa shape index (κ2) is 6.55. The molecule has 8 heteroatoms. The number of rotatable bonds is 3. The molecular formula is C22H20N6O2. The number of aromatic amines is 1. The monoisotopic (exact) mass is 400 g/mol. The zero-order valence-corrected chi connectivity index (χ0v) is 16.9. The molecule has 0 atom stereocenters. The second-order valence-electron chi connectivity index (χ2n) is 7.53. The molecule has 0 bridgehead atoms. The van der Waals surface area contributed by atoms with Crippen molar-refractivity contribution in [2.45, 2.75) is 20.4 Å². The van der Waals surface area contributed by atoms with Gasteiger partial charge in [0.15, 0.2) is 17.0 Å². The number of H-pyrrole nitrogens is 1. The lowest BCUT2D eigenvalue weighted by Crippen LogP contribution is -2.29. The van der Waals surface area contributed by atoms with E-state index in [1.54, 1.807) is 11.4 Å². The fourth-order valence-electron chi connectivity index (χ4n) is 3.84. The van der Waals surface area contributed by atoms with Crippen LogP contribution in [0.5, 0.6) is 0 Å². The first-order valence-electron chi connectivity index (χ1n) is 9.64. The highest BCUT2D eigenvalue weighted by Crippen LogP contribution is 2.25. The maximum absolute atomic E-state index is 12.9. The zero-order valence-electron chi connectivity index (χ0n) is 16.9. The fourth-order valence-corrected chi connectivity index (χ4v) is 3.84. The molecule has 5 aromatic rings. The molecule has 2 aromatic carbocycles. The maximum Gasteiger partial charge on any atom is 0.329 e. The largest absolute Gasteiger partial charge is 0.329 e. The molecule has 0 spiro atoms. The summed E-state index contributed by atoms with van der Waals surface area (Å²) in [7, 11) is 1.64. The number of imidazole rings is 1. The van der Waals surface area contributed by atoms with Crippen LogP contribution in [0.15, 0.2) is 58.1 Å². The molecule has 0 unspecified atom stereocenters. The van der Waals surface area contributed by atoms with E-state index in [1.165, 1.54) is 4.57 Å². The van der Waals surface area contributed by atoms with Crippen molar-refractivity contribution in [3.8, 4) is 11.4 Å². The van der Waals surface area contributed by atoms with Crippen molar-refractivity contribution in [3.63, 3.8) is 0 Å². The van der Waals surface area contributed by atoms with Gasteiger partial charge in [0.2, 0.25) is 5.78 Å². The van der Waals surface area contributed by atoms with Crippen molar-refractivity contribution >= 4 is 16.9 Å². The first-order chi connectivity index (χ1) is 14.5. The van der Waals surface area contributed by atoms with Crippen molar-refractivity contribution < 1.29 is 0 Å². The minimum absolute atomic E-state index is 0.388. The van der Waals surface area contributed by atoms with Gasteiger partial charge in [0.1, 0.15) is 0 Å². The van der Waals surface area contributed by atoms with Gasteiger partial charge in [-0.05, 0) is 25.0 Å². The number of aromatic nitrogens is 6. The Balaban J connectivity index is 1.89. The molecule has 0 saturated carbocycles. The van der Waals surface area contributed by atoms with Crippen LogP contribution in [0.1, 0.15) is 16.7 Å². The van der Waals surface area contributed by atoms with E-state index >= 15 is 0 Å². The number of aryl methyl sites for hydroxylation is 3. The molecule has 150 valence electrons. The Morgan fingerprint density at radius 3 is 2.43 bits per heavy atom. The first-order valence-corrected chi connectivity index (χ1v) is 9.64. The lowest BCUT2D eigenvalue weighted by molar-refractivity contribution is 0.807. The minimum Gasteiger partial charge on any atom is -0.298 e. The molecule has 0 saturated heterocycles. The molecule has 0 aliphatic carbocycles. The molecule has 30 heavy (non-hydrogen) atoms. The highest BCUT2D eigenvalue weighted by atomic mass is 16.2. The van der Waals surface area contributed by atoms with E-state index in [2.05, 4.69) is 15.2 Å². The molecule has 0 amide bonds. The molecule has 8 nitrogen and oxygen atoms in total. The molecule has 5 rings (SSSR count). The van der Waals surface area contributed by atoms with Gasteiger partial charge in [-0.25, -0.2) is 9.20 Å². The maximum atomic E-state index is 12.9. The van der Waals surface area contributed by atoms with Gasteiger partial charge < -0.3 is 0 Å². The summed E-state index contributed by atoms with van der Waals surface area (Å²) >= 11 is 0. The third-order valence-electron chi connectivity index (χ3n) is 5.54. The van der Waals surface area contributed by atoms with Gasteiger partial charge in [-0.2, -0.15) is 0 Å². The lowest BCUT2D eigenvalue weighted by Gasteiger charge is -2.07. The SMILES string of the molecule is Cc1ccc(-c2nnc3n(Cc4ccccc4C)c4c(=O)[nH]c(=O)n(C)c4n23)cc1. The topological polar surface area (TPSA) is 90.0 Å². The van der Waals surface area contributed by atoms with Gasteiger partial charge >= 0.3 is 5.69 Å². The van der Waals surface area contributed by atoms with E-state index in [9.17, 15) is 9.59 Å². The number of hydrogen-bond donors (Lipinski definition) is 1. The smallest absolute Gasteiger partial charge is 0.298 e. The van der Waals surface area contributed by atoms with Gasteiger partial charge in [-0.3, -0.25) is 18.9 Å². The van der Waals surface area contributed by atoms with E-state index < -0.39 is 11.2 Å². The number of nitrogens with one attached hydrogen (secondary N) is 1. The van der Waals surface area contributed by atoms with Gasteiger partial charge in [-0.1, -0.05) is 54.1 Å². The van der Waals surface area contributed by atoms with Crippen molar-refractivity contribution in [2.24, 2.45) is 7.05 Å². The van der Waals surface area contributed by atoms with Gasteiger partial charge in [0.05, 0.1) is 6.54 Å². The highest BCUT2D eigenvalue weighted by Gasteiger charge is 2.23. The van der Waals surface area contributed by atoms with E-state index in [-0.39, 0.29) is 0 Å². The van der Waals surface area contributed by atoms with Crippen molar-refractivity contribution in [2.75, 3.05) is 0 Å². The Morgan fingerprint density at radius 1 is 0.967 bits per heavy atom. The highest BCUT2D eigenvalue weighted by molar-refractivity contribution is 5.79. The molecule has 0 fully saturated rings.